The van der Waals surface area contributed by atoms with Gasteiger partial charge in [0.05, 0.1) is 20.3 Å². The molecule has 0 amide bonds. The van der Waals surface area contributed by atoms with E-state index in [1.165, 1.54) is 5.56 Å². The number of para-hydroxylation sites is 1. The molecule has 2 N–H and O–H groups in total. The van der Waals surface area contributed by atoms with Crippen LogP contribution in [0.2, 0.25) is 0 Å². The van der Waals surface area contributed by atoms with E-state index in [1.807, 2.05) is 6.07 Å². The fourth-order valence-corrected chi connectivity index (χ4v) is 2.89. The first kappa shape index (κ1) is 15.6. The van der Waals surface area contributed by atoms with E-state index in [0.717, 1.165) is 31.6 Å². The Morgan fingerprint density at radius 2 is 1.70 bits per heavy atom. The van der Waals surface area contributed by atoms with Crippen molar-refractivity contribution in [3.05, 3.63) is 35.9 Å². The smallest absolute Gasteiger partial charge is 0.233 e. The van der Waals surface area contributed by atoms with Crippen molar-refractivity contribution in [1.82, 2.24) is 15.3 Å². The lowest BCUT2D eigenvalue weighted by Crippen LogP contribution is -2.27. The Kier molecular flexibility index (Phi) is 4.92. The summed E-state index contributed by atoms with van der Waals surface area (Å²) < 4.78 is 10.4. The largest absolute Gasteiger partial charge is 0.481 e. The topological polar surface area (TPSA) is 68.3 Å². The van der Waals surface area contributed by atoms with Gasteiger partial charge in [-0.25, -0.2) is 0 Å². The van der Waals surface area contributed by atoms with Gasteiger partial charge in [-0.15, -0.1) is 0 Å². The molecule has 2 heterocycles. The van der Waals surface area contributed by atoms with Crippen LogP contribution in [0.4, 0.5) is 11.6 Å². The number of nitrogens with zero attached hydrogens (tertiary/aromatic N) is 2. The van der Waals surface area contributed by atoms with Crippen molar-refractivity contribution in [1.29, 1.82) is 0 Å². The number of nitrogens with one attached hydrogen (secondary N) is 2. The predicted octanol–water partition coefficient (Wildman–Crippen LogP) is 2.70. The van der Waals surface area contributed by atoms with Gasteiger partial charge in [-0.2, -0.15) is 9.97 Å². The van der Waals surface area contributed by atoms with Crippen LogP contribution in [0.1, 0.15) is 24.3 Å². The maximum Gasteiger partial charge on any atom is 0.233 e. The summed E-state index contributed by atoms with van der Waals surface area (Å²) in [5.74, 6) is 1.97. The van der Waals surface area contributed by atoms with Gasteiger partial charge < -0.3 is 20.1 Å². The molecule has 6 nitrogen and oxygen atoms in total. The molecule has 0 aliphatic carbocycles. The van der Waals surface area contributed by atoms with Crippen LogP contribution in [0.25, 0.3) is 0 Å². The summed E-state index contributed by atoms with van der Waals surface area (Å²) in [6.07, 6.45) is 2.28. The third-order valence-corrected chi connectivity index (χ3v) is 4.08. The summed E-state index contributed by atoms with van der Waals surface area (Å²) >= 11 is 0. The highest BCUT2D eigenvalue weighted by molar-refractivity contribution is 5.60. The number of hydrogen-bond donors (Lipinski definition) is 2. The van der Waals surface area contributed by atoms with E-state index in [9.17, 15) is 0 Å². The average Bonchev–Trinajstić information content (AvgIpc) is 2.62. The highest BCUT2D eigenvalue weighted by Gasteiger charge is 2.18. The molecule has 0 bridgehead atoms. The molecule has 0 saturated carbocycles. The van der Waals surface area contributed by atoms with Gasteiger partial charge >= 0.3 is 0 Å². The molecule has 23 heavy (non-hydrogen) atoms. The zero-order valence-electron chi connectivity index (χ0n) is 13.5. The molecular formula is C17H22N4O2. The van der Waals surface area contributed by atoms with Crippen LogP contribution in [0.3, 0.4) is 0 Å². The Morgan fingerprint density at radius 1 is 1.04 bits per heavy atom. The van der Waals surface area contributed by atoms with Crippen LogP contribution in [0.15, 0.2) is 30.3 Å². The summed E-state index contributed by atoms with van der Waals surface area (Å²) in [5, 5.41) is 6.72. The molecule has 3 rings (SSSR count). The Labute approximate surface area is 136 Å². The fourth-order valence-electron chi connectivity index (χ4n) is 2.89. The lowest BCUT2D eigenvalue weighted by molar-refractivity contribution is 0.373. The number of benzene rings is 1. The highest BCUT2D eigenvalue weighted by Crippen LogP contribution is 2.32. The molecule has 1 saturated heterocycles. The molecule has 0 unspecified atom stereocenters. The maximum atomic E-state index is 5.20. The lowest BCUT2D eigenvalue weighted by Gasteiger charge is -2.25. The molecule has 1 aliphatic heterocycles. The van der Waals surface area contributed by atoms with Gasteiger partial charge in [-0.1, -0.05) is 18.2 Å². The number of anilines is 2. The summed E-state index contributed by atoms with van der Waals surface area (Å²) in [5.41, 5.74) is 2.34. The number of methoxy groups -OCH3 is 2. The summed E-state index contributed by atoms with van der Waals surface area (Å²) in [4.78, 5) is 8.69. The van der Waals surface area contributed by atoms with Crippen molar-refractivity contribution in [2.45, 2.75) is 18.8 Å². The van der Waals surface area contributed by atoms with Gasteiger partial charge in [0.2, 0.25) is 17.7 Å². The number of aromatic nitrogens is 2. The number of hydrogen-bond acceptors (Lipinski definition) is 6. The normalized spacial score (nSPS) is 15.2. The van der Waals surface area contributed by atoms with E-state index in [-0.39, 0.29) is 0 Å². The minimum Gasteiger partial charge on any atom is -0.481 e. The van der Waals surface area contributed by atoms with Crippen molar-refractivity contribution in [2.75, 3.05) is 32.6 Å². The first-order chi connectivity index (χ1) is 11.3. The van der Waals surface area contributed by atoms with E-state index in [1.54, 1.807) is 20.3 Å². The molecule has 0 spiro atoms. The Morgan fingerprint density at radius 3 is 2.35 bits per heavy atom. The molecule has 1 aliphatic rings. The van der Waals surface area contributed by atoms with Crippen LogP contribution in [0, 0.1) is 0 Å². The monoisotopic (exact) mass is 314 g/mol. The van der Waals surface area contributed by atoms with Gasteiger partial charge in [0, 0.05) is 5.69 Å². The minimum atomic E-state index is 0.471. The average molecular weight is 314 g/mol. The van der Waals surface area contributed by atoms with Crippen molar-refractivity contribution in [2.24, 2.45) is 0 Å². The molecule has 122 valence electrons. The molecule has 6 heteroatoms. The Bertz CT molecular complexity index is 635. The molecule has 0 atom stereocenters. The minimum absolute atomic E-state index is 0.471. The lowest BCUT2D eigenvalue weighted by atomic mass is 9.89. The van der Waals surface area contributed by atoms with Gasteiger partial charge in [0.15, 0.2) is 0 Å². The zero-order valence-corrected chi connectivity index (χ0v) is 13.5. The number of rotatable bonds is 5. The highest BCUT2D eigenvalue weighted by atomic mass is 16.5. The van der Waals surface area contributed by atoms with E-state index in [4.69, 9.17) is 9.47 Å². The Balaban J connectivity index is 1.88. The second-order valence-corrected chi connectivity index (χ2v) is 5.51. The van der Waals surface area contributed by atoms with E-state index < -0.39 is 0 Å². The van der Waals surface area contributed by atoms with E-state index in [0.29, 0.717) is 23.6 Å². The van der Waals surface area contributed by atoms with E-state index in [2.05, 4.69) is 38.8 Å². The van der Waals surface area contributed by atoms with Crippen molar-refractivity contribution in [3.8, 4) is 11.8 Å². The van der Waals surface area contributed by atoms with Crippen molar-refractivity contribution in [3.63, 3.8) is 0 Å². The molecule has 1 fully saturated rings. The second-order valence-electron chi connectivity index (χ2n) is 5.51. The fraction of sp³-hybridized carbons (Fsp3) is 0.412. The quantitative estimate of drug-likeness (QED) is 0.884. The van der Waals surface area contributed by atoms with Crippen molar-refractivity contribution < 1.29 is 9.47 Å². The van der Waals surface area contributed by atoms with Gasteiger partial charge in [0.1, 0.15) is 0 Å². The van der Waals surface area contributed by atoms with Crippen LogP contribution >= 0.6 is 0 Å². The number of ether oxygens (including phenoxy) is 2. The molecular weight excluding hydrogens is 292 g/mol. The van der Waals surface area contributed by atoms with Crippen LogP contribution < -0.4 is 20.1 Å². The summed E-state index contributed by atoms with van der Waals surface area (Å²) in [6.45, 7) is 2.12. The summed E-state index contributed by atoms with van der Waals surface area (Å²) in [6, 6.07) is 9.99. The molecule has 0 radical (unpaired) electrons. The first-order valence-corrected chi connectivity index (χ1v) is 7.84. The third-order valence-electron chi connectivity index (χ3n) is 4.08. The number of piperidine rings is 1. The second kappa shape index (κ2) is 7.28. The molecule has 1 aromatic heterocycles. The van der Waals surface area contributed by atoms with Gasteiger partial charge in [-0.3, -0.25) is 0 Å². The van der Waals surface area contributed by atoms with Gasteiger partial charge in [0.25, 0.3) is 0 Å². The van der Waals surface area contributed by atoms with Crippen LogP contribution in [-0.4, -0.2) is 37.3 Å². The zero-order chi connectivity index (χ0) is 16.1. The van der Waals surface area contributed by atoms with E-state index >= 15 is 0 Å². The summed E-state index contributed by atoms with van der Waals surface area (Å²) in [7, 11) is 3.16. The first-order valence-electron chi connectivity index (χ1n) is 7.84. The molecule has 1 aromatic carbocycles. The van der Waals surface area contributed by atoms with Gasteiger partial charge in [-0.05, 0) is 43.5 Å². The SMILES string of the molecule is COc1cc(OC)nc(Nc2ccccc2C2CCNCC2)n1. The molecule has 2 aromatic rings. The van der Waals surface area contributed by atoms with Crippen LogP contribution in [-0.2, 0) is 0 Å². The van der Waals surface area contributed by atoms with Crippen LogP contribution in [0.5, 0.6) is 11.8 Å². The van der Waals surface area contributed by atoms with Crippen molar-refractivity contribution >= 4 is 11.6 Å². The Hall–Kier alpha value is -2.34. The maximum absolute atomic E-state index is 5.20. The predicted molar refractivity (Wildman–Crippen MR) is 89.7 cm³/mol. The third kappa shape index (κ3) is 3.71. The standard InChI is InChI=1S/C17H22N4O2/c1-22-15-11-16(23-2)21-17(20-15)19-14-6-4-3-5-13(14)12-7-9-18-10-8-12/h3-6,11-12,18H,7-10H2,1-2H3,(H,19,20,21).